The van der Waals surface area contributed by atoms with Gasteiger partial charge in [-0.1, -0.05) is 69.2 Å². The molecule has 196 valence electrons. The number of hydrogen-bond acceptors (Lipinski definition) is 5. The van der Waals surface area contributed by atoms with Gasteiger partial charge in [0.2, 0.25) is 0 Å². The van der Waals surface area contributed by atoms with E-state index in [0.717, 1.165) is 40.7 Å². The molecule has 6 N–H and O–H groups in total. The van der Waals surface area contributed by atoms with Crippen molar-refractivity contribution in [1.82, 2.24) is 4.98 Å². The Kier molecular flexibility index (Phi) is 5.60. The number of hydrogen-bond donors (Lipinski definition) is 6. The molecule has 1 aliphatic heterocycles. The number of nitrogens with one attached hydrogen (secondary N) is 2. The van der Waals surface area contributed by atoms with Crippen LogP contribution in [0, 0.1) is 0 Å². The van der Waals surface area contributed by atoms with Crippen molar-refractivity contribution in [2.45, 2.75) is 97.3 Å². The van der Waals surface area contributed by atoms with Crippen LogP contribution >= 0.6 is 0 Å². The highest BCUT2D eigenvalue weighted by molar-refractivity contribution is 5.93. The molecule has 3 aromatic rings. The summed E-state index contributed by atoms with van der Waals surface area (Å²) in [5, 5.41) is 49.8. The van der Waals surface area contributed by atoms with Gasteiger partial charge in [-0.05, 0) is 28.9 Å². The SMILES string of the molecule is CC(C)(C)c1c(O)c(O)c(C(C)(C)C(C)(C)c2c(O)c(O)c(C(C)(C)C)c3[nH]ccc23)c2c1CCN2. The van der Waals surface area contributed by atoms with Crippen LogP contribution in [0.2, 0.25) is 0 Å². The van der Waals surface area contributed by atoms with Gasteiger partial charge in [-0.2, -0.15) is 0 Å². The third kappa shape index (κ3) is 3.44. The molecule has 6 heteroatoms. The monoisotopic (exact) mass is 494 g/mol. The Morgan fingerprint density at radius 1 is 0.639 bits per heavy atom. The molecule has 0 radical (unpaired) electrons. The van der Waals surface area contributed by atoms with Crippen molar-refractivity contribution in [3.05, 3.63) is 40.1 Å². The van der Waals surface area contributed by atoms with Gasteiger partial charge in [-0.15, -0.1) is 0 Å². The van der Waals surface area contributed by atoms with Crippen LogP contribution in [-0.4, -0.2) is 32.0 Å². The molecule has 2 aromatic carbocycles. The number of aromatic amines is 1. The number of aromatic nitrogens is 1. The Bertz CT molecular complexity index is 1370. The van der Waals surface area contributed by atoms with E-state index in [9.17, 15) is 20.4 Å². The zero-order valence-corrected chi connectivity index (χ0v) is 23.4. The summed E-state index contributed by atoms with van der Waals surface area (Å²) in [6.45, 7) is 20.9. The van der Waals surface area contributed by atoms with Crippen LogP contribution in [0.1, 0.15) is 97.1 Å². The van der Waals surface area contributed by atoms with E-state index in [0.29, 0.717) is 16.7 Å². The fourth-order valence-electron chi connectivity index (χ4n) is 6.20. The van der Waals surface area contributed by atoms with Crippen LogP contribution in [0.25, 0.3) is 10.9 Å². The number of phenolic OH excluding ortho intramolecular Hbond substituents is 4. The number of H-pyrrole nitrogens is 1. The van der Waals surface area contributed by atoms with E-state index >= 15 is 0 Å². The van der Waals surface area contributed by atoms with Crippen LogP contribution in [0.4, 0.5) is 5.69 Å². The largest absolute Gasteiger partial charge is 0.504 e. The summed E-state index contributed by atoms with van der Waals surface area (Å²) < 4.78 is 0. The van der Waals surface area contributed by atoms with Gasteiger partial charge in [0.05, 0.1) is 5.52 Å². The minimum atomic E-state index is -0.781. The van der Waals surface area contributed by atoms with Crippen molar-refractivity contribution in [2.24, 2.45) is 0 Å². The number of rotatable bonds is 3. The van der Waals surface area contributed by atoms with E-state index in [1.165, 1.54) is 0 Å². The number of benzene rings is 2. The molecule has 0 spiro atoms. The predicted molar refractivity (Wildman–Crippen MR) is 147 cm³/mol. The molecule has 0 aliphatic carbocycles. The maximum atomic E-state index is 11.5. The summed E-state index contributed by atoms with van der Waals surface area (Å²) >= 11 is 0. The Balaban J connectivity index is 2.06. The quantitative estimate of drug-likeness (QED) is 0.177. The Hall–Kier alpha value is -3.02. The molecule has 2 heterocycles. The molecular formula is C30H42N2O4. The second-order valence-corrected chi connectivity index (χ2v) is 13.4. The summed E-state index contributed by atoms with van der Waals surface area (Å²) in [4.78, 5) is 3.28. The zero-order chi connectivity index (χ0) is 27.2. The van der Waals surface area contributed by atoms with Gasteiger partial charge >= 0.3 is 0 Å². The summed E-state index contributed by atoms with van der Waals surface area (Å²) in [6.07, 6.45) is 2.58. The number of aromatic hydroxyl groups is 4. The molecule has 0 saturated heterocycles. The molecule has 4 rings (SSSR count). The lowest BCUT2D eigenvalue weighted by atomic mass is 9.58. The minimum absolute atomic E-state index is 0.0780. The van der Waals surface area contributed by atoms with Gasteiger partial charge in [0.15, 0.2) is 23.0 Å². The molecule has 1 aromatic heterocycles. The van der Waals surface area contributed by atoms with E-state index in [-0.39, 0.29) is 28.4 Å². The van der Waals surface area contributed by atoms with Crippen molar-refractivity contribution >= 4 is 16.6 Å². The summed E-state index contributed by atoms with van der Waals surface area (Å²) in [7, 11) is 0. The lowest BCUT2D eigenvalue weighted by molar-refractivity contribution is 0.278. The van der Waals surface area contributed by atoms with Crippen LogP contribution in [0.5, 0.6) is 23.0 Å². The van der Waals surface area contributed by atoms with E-state index in [4.69, 9.17) is 0 Å². The molecule has 36 heavy (non-hydrogen) atoms. The van der Waals surface area contributed by atoms with Crippen LogP contribution < -0.4 is 5.32 Å². The van der Waals surface area contributed by atoms with Gasteiger partial charge in [0.25, 0.3) is 0 Å². The van der Waals surface area contributed by atoms with Gasteiger partial charge in [-0.25, -0.2) is 0 Å². The third-order valence-corrected chi connectivity index (χ3v) is 8.50. The standard InChI is InChI=1S/C30H42N2O4/c1-27(2,3)17-15-11-13-32-22(15)20(26(36)23(17)33)30(9,10)29(7,8)18-16-12-14-31-21(16)19(28(4,5)6)25(35)24(18)34/h12,14,31-36H,11,13H2,1-10H3. The maximum absolute atomic E-state index is 11.5. The summed E-state index contributed by atoms with van der Waals surface area (Å²) in [6, 6.07) is 1.93. The highest BCUT2D eigenvalue weighted by Crippen LogP contribution is 2.59. The highest BCUT2D eigenvalue weighted by Gasteiger charge is 2.48. The second-order valence-electron chi connectivity index (χ2n) is 13.4. The van der Waals surface area contributed by atoms with E-state index in [1.54, 1.807) is 0 Å². The molecule has 0 saturated carbocycles. The second kappa shape index (κ2) is 7.74. The number of fused-ring (bicyclic) bond motifs is 2. The molecule has 0 amide bonds. The smallest absolute Gasteiger partial charge is 0.163 e. The van der Waals surface area contributed by atoms with Crippen molar-refractivity contribution in [2.75, 3.05) is 11.9 Å². The van der Waals surface area contributed by atoms with E-state index in [1.807, 2.05) is 81.5 Å². The first-order chi connectivity index (χ1) is 16.3. The third-order valence-electron chi connectivity index (χ3n) is 8.50. The fourth-order valence-corrected chi connectivity index (χ4v) is 6.20. The topological polar surface area (TPSA) is 109 Å². The van der Waals surface area contributed by atoms with E-state index in [2.05, 4.69) is 10.3 Å². The average molecular weight is 495 g/mol. The van der Waals surface area contributed by atoms with Gasteiger partial charge in [0, 0.05) is 56.9 Å². The normalized spacial score (nSPS) is 14.8. The molecular weight excluding hydrogens is 452 g/mol. The Labute approximate surface area is 214 Å². The highest BCUT2D eigenvalue weighted by atomic mass is 16.3. The first kappa shape index (κ1) is 26.1. The van der Waals surface area contributed by atoms with Crippen molar-refractivity contribution < 1.29 is 20.4 Å². The zero-order valence-electron chi connectivity index (χ0n) is 23.4. The van der Waals surface area contributed by atoms with Crippen molar-refractivity contribution in [3.8, 4) is 23.0 Å². The van der Waals surface area contributed by atoms with Crippen molar-refractivity contribution in [3.63, 3.8) is 0 Å². The average Bonchev–Trinajstić information content (AvgIpc) is 3.36. The Morgan fingerprint density at radius 3 is 1.67 bits per heavy atom. The van der Waals surface area contributed by atoms with Crippen LogP contribution in [-0.2, 0) is 28.1 Å². The van der Waals surface area contributed by atoms with E-state index < -0.39 is 16.2 Å². The Morgan fingerprint density at radius 2 is 1.11 bits per heavy atom. The summed E-state index contributed by atoms with van der Waals surface area (Å²) in [5.41, 5.74) is 3.01. The molecule has 1 aliphatic rings. The molecule has 0 unspecified atom stereocenters. The molecule has 0 fully saturated rings. The first-order valence-corrected chi connectivity index (χ1v) is 12.8. The molecule has 0 atom stereocenters. The number of anilines is 1. The number of phenols is 4. The van der Waals surface area contributed by atoms with Gasteiger partial charge in [0.1, 0.15) is 0 Å². The lowest BCUT2D eigenvalue weighted by Crippen LogP contribution is -2.41. The van der Waals surface area contributed by atoms with Gasteiger partial charge in [-0.3, -0.25) is 0 Å². The van der Waals surface area contributed by atoms with Crippen LogP contribution in [0.15, 0.2) is 12.3 Å². The first-order valence-electron chi connectivity index (χ1n) is 12.8. The fraction of sp³-hybridized carbons (Fsp3) is 0.533. The van der Waals surface area contributed by atoms with Crippen LogP contribution in [0.3, 0.4) is 0 Å². The maximum Gasteiger partial charge on any atom is 0.163 e. The minimum Gasteiger partial charge on any atom is -0.504 e. The lowest BCUT2D eigenvalue weighted by Gasteiger charge is -2.45. The van der Waals surface area contributed by atoms with Gasteiger partial charge < -0.3 is 30.7 Å². The van der Waals surface area contributed by atoms with Crippen molar-refractivity contribution in [1.29, 1.82) is 0 Å². The molecule has 6 nitrogen and oxygen atoms in total. The summed E-state index contributed by atoms with van der Waals surface area (Å²) in [5.74, 6) is -0.489. The predicted octanol–water partition coefficient (Wildman–Crippen LogP) is 6.81. The molecule has 0 bridgehead atoms.